The molecule has 2 fully saturated rings. The molecule has 0 unspecified atom stereocenters. The fourth-order valence-electron chi connectivity index (χ4n) is 5.29. The summed E-state index contributed by atoms with van der Waals surface area (Å²) in [6, 6.07) is 11.1. The van der Waals surface area contributed by atoms with E-state index in [2.05, 4.69) is 10.6 Å². The van der Waals surface area contributed by atoms with Crippen LogP contribution in [-0.2, 0) is 31.3 Å². The average Bonchev–Trinajstić information content (AvgIpc) is 3.34. The third kappa shape index (κ3) is 3.11. The number of ether oxygens (including phenoxy) is 1. The Labute approximate surface area is 194 Å². The van der Waals surface area contributed by atoms with Crippen molar-refractivity contribution in [2.45, 2.75) is 24.5 Å². The molecule has 0 saturated carbocycles. The molecule has 4 amide bonds. The van der Waals surface area contributed by atoms with Crippen molar-refractivity contribution >= 4 is 40.9 Å². The van der Waals surface area contributed by atoms with Crippen LogP contribution < -0.4 is 21.1 Å². The van der Waals surface area contributed by atoms with E-state index in [1.807, 2.05) is 0 Å². The number of nitrogens with two attached hydrogens (primary N) is 1. The number of carbonyl (C=O) groups is 4. The average molecular weight is 469 g/mol. The molecular formula is C23H21ClN4O5. The fourth-order valence-corrected chi connectivity index (χ4v) is 5.47. The minimum Gasteiger partial charge on any atom is -0.497 e. The molecule has 9 nitrogen and oxygen atoms in total. The van der Waals surface area contributed by atoms with Crippen molar-refractivity contribution in [3.8, 4) is 5.75 Å². The molecule has 4 atom stereocenters. The number of nitrogens with zero attached hydrogens (tertiary/aromatic N) is 1. The van der Waals surface area contributed by atoms with E-state index in [9.17, 15) is 19.2 Å². The molecule has 10 heteroatoms. The van der Waals surface area contributed by atoms with Crippen molar-refractivity contribution in [2.24, 2.45) is 17.6 Å². The highest BCUT2D eigenvalue weighted by Gasteiger charge is 2.70. The zero-order valence-electron chi connectivity index (χ0n) is 17.6. The Morgan fingerprint density at radius 3 is 2.55 bits per heavy atom. The van der Waals surface area contributed by atoms with Crippen LogP contribution >= 0.6 is 11.6 Å². The molecule has 0 aromatic heterocycles. The van der Waals surface area contributed by atoms with Crippen LogP contribution in [0, 0.1) is 11.8 Å². The van der Waals surface area contributed by atoms with Gasteiger partial charge < -0.3 is 15.8 Å². The lowest BCUT2D eigenvalue weighted by Crippen LogP contribution is -2.53. The second kappa shape index (κ2) is 7.57. The summed E-state index contributed by atoms with van der Waals surface area (Å²) in [5.74, 6) is -3.33. The molecule has 170 valence electrons. The Hall–Kier alpha value is -3.43. The maximum Gasteiger partial charge on any atom is 0.250 e. The normalized spacial score (nSPS) is 27.6. The van der Waals surface area contributed by atoms with Crippen LogP contribution in [0.1, 0.15) is 17.5 Å². The number of carbonyl (C=O) groups excluding carboxylic acids is 4. The smallest absolute Gasteiger partial charge is 0.250 e. The lowest BCUT2D eigenvalue weighted by atomic mass is 9.76. The summed E-state index contributed by atoms with van der Waals surface area (Å²) in [5.41, 5.74) is 5.63. The standard InChI is InChI=1S/C23H21ClN4O5/c1-33-13-5-2-11(3-6-13)10-28-20(30)18-16(9-17(25)29)27-23(19(18)21(28)31)14-8-12(24)4-7-15(14)26-22(23)32/h2-8,16,18-19,27H,9-10H2,1H3,(H2,25,29)(H,26,32)/t16-,18-,19-,23-/m0/s1. The second-order valence-corrected chi connectivity index (χ2v) is 8.92. The van der Waals surface area contributed by atoms with Gasteiger partial charge in [-0.15, -0.1) is 0 Å². The van der Waals surface area contributed by atoms with Crippen molar-refractivity contribution in [1.29, 1.82) is 0 Å². The van der Waals surface area contributed by atoms with Crippen LogP contribution in [0.25, 0.3) is 0 Å². The summed E-state index contributed by atoms with van der Waals surface area (Å²) in [7, 11) is 1.55. The maximum absolute atomic E-state index is 13.7. The molecule has 4 N–H and O–H groups in total. The van der Waals surface area contributed by atoms with Crippen LogP contribution in [0.3, 0.4) is 0 Å². The van der Waals surface area contributed by atoms with E-state index in [0.29, 0.717) is 22.0 Å². The van der Waals surface area contributed by atoms with Crippen LogP contribution in [0.15, 0.2) is 42.5 Å². The monoisotopic (exact) mass is 468 g/mol. The molecule has 5 rings (SSSR count). The van der Waals surface area contributed by atoms with Crippen LogP contribution in [0.2, 0.25) is 5.02 Å². The van der Waals surface area contributed by atoms with Crippen molar-refractivity contribution in [2.75, 3.05) is 12.4 Å². The number of benzene rings is 2. The highest BCUT2D eigenvalue weighted by Crippen LogP contribution is 2.53. The van der Waals surface area contributed by atoms with Gasteiger partial charge in [0.05, 0.1) is 25.5 Å². The van der Waals surface area contributed by atoms with Gasteiger partial charge in [-0.3, -0.25) is 29.4 Å². The maximum atomic E-state index is 13.7. The highest BCUT2D eigenvalue weighted by atomic mass is 35.5. The van der Waals surface area contributed by atoms with E-state index in [0.717, 1.165) is 10.5 Å². The molecule has 1 spiro atoms. The predicted molar refractivity (Wildman–Crippen MR) is 118 cm³/mol. The minimum atomic E-state index is -1.52. The summed E-state index contributed by atoms with van der Waals surface area (Å²) < 4.78 is 5.16. The first-order chi connectivity index (χ1) is 15.8. The number of nitrogens with one attached hydrogen (secondary N) is 2. The zero-order valence-corrected chi connectivity index (χ0v) is 18.4. The third-order valence-corrected chi connectivity index (χ3v) is 6.92. The molecule has 33 heavy (non-hydrogen) atoms. The number of hydrogen-bond donors (Lipinski definition) is 3. The summed E-state index contributed by atoms with van der Waals surface area (Å²) in [6.45, 7) is 0.0397. The number of amides is 4. The SMILES string of the molecule is COc1ccc(CN2C(=O)[C@H]3[C@H](CC(N)=O)N[C@]4(C(=O)Nc5ccc(Cl)cc54)[C@@H]3C2=O)cc1. The van der Waals surface area contributed by atoms with Crippen LogP contribution in [0.5, 0.6) is 5.75 Å². The van der Waals surface area contributed by atoms with Gasteiger partial charge >= 0.3 is 0 Å². The number of anilines is 1. The van der Waals surface area contributed by atoms with Gasteiger partial charge in [0.1, 0.15) is 11.3 Å². The van der Waals surface area contributed by atoms with Gasteiger partial charge in [-0.1, -0.05) is 23.7 Å². The zero-order chi connectivity index (χ0) is 23.5. The van der Waals surface area contributed by atoms with E-state index in [1.54, 1.807) is 49.6 Å². The Morgan fingerprint density at radius 1 is 1.15 bits per heavy atom. The first-order valence-electron chi connectivity index (χ1n) is 10.4. The largest absolute Gasteiger partial charge is 0.497 e. The number of halogens is 1. The number of likely N-dealkylation sites (tertiary alicyclic amines) is 1. The Kier molecular flexibility index (Phi) is 4.91. The van der Waals surface area contributed by atoms with Gasteiger partial charge in [0.25, 0.3) is 0 Å². The number of rotatable bonds is 5. The van der Waals surface area contributed by atoms with E-state index >= 15 is 0 Å². The van der Waals surface area contributed by atoms with Gasteiger partial charge in [0.15, 0.2) is 0 Å². The summed E-state index contributed by atoms with van der Waals surface area (Å²) in [5, 5.41) is 6.30. The van der Waals surface area contributed by atoms with E-state index in [1.165, 1.54) is 0 Å². The Balaban J connectivity index is 1.57. The topological polar surface area (TPSA) is 131 Å². The van der Waals surface area contributed by atoms with Gasteiger partial charge in [-0.05, 0) is 35.9 Å². The quantitative estimate of drug-likeness (QED) is 0.564. The van der Waals surface area contributed by atoms with Crippen molar-refractivity contribution < 1.29 is 23.9 Å². The van der Waals surface area contributed by atoms with Crippen LogP contribution in [-0.4, -0.2) is 41.7 Å². The first kappa shape index (κ1) is 21.4. The Bertz CT molecular complexity index is 1200. The van der Waals surface area contributed by atoms with Crippen molar-refractivity contribution in [1.82, 2.24) is 10.2 Å². The lowest BCUT2D eigenvalue weighted by Gasteiger charge is -2.29. The molecule has 0 aliphatic carbocycles. The molecule has 2 saturated heterocycles. The van der Waals surface area contributed by atoms with Gasteiger partial charge in [-0.2, -0.15) is 0 Å². The molecular weight excluding hydrogens is 448 g/mol. The number of primary amides is 1. The fraction of sp³-hybridized carbons (Fsp3) is 0.304. The van der Waals surface area contributed by atoms with E-state index in [-0.39, 0.29) is 13.0 Å². The molecule has 0 radical (unpaired) electrons. The second-order valence-electron chi connectivity index (χ2n) is 8.49. The predicted octanol–water partition coefficient (Wildman–Crippen LogP) is 1.14. The van der Waals surface area contributed by atoms with Crippen molar-refractivity contribution in [3.63, 3.8) is 0 Å². The van der Waals surface area contributed by atoms with E-state index in [4.69, 9.17) is 22.1 Å². The molecule has 2 aromatic rings. The van der Waals surface area contributed by atoms with Gasteiger partial charge in [0, 0.05) is 28.7 Å². The lowest BCUT2D eigenvalue weighted by molar-refractivity contribution is -0.143. The summed E-state index contributed by atoms with van der Waals surface area (Å²) in [6.07, 6.45) is -0.193. The molecule has 3 aliphatic heterocycles. The van der Waals surface area contributed by atoms with E-state index < -0.39 is 47.0 Å². The van der Waals surface area contributed by atoms with Gasteiger partial charge in [0.2, 0.25) is 23.6 Å². The van der Waals surface area contributed by atoms with Crippen molar-refractivity contribution in [3.05, 3.63) is 58.6 Å². The number of hydrogen-bond acceptors (Lipinski definition) is 6. The van der Waals surface area contributed by atoms with Crippen LogP contribution in [0.4, 0.5) is 5.69 Å². The Morgan fingerprint density at radius 2 is 1.88 bits per heavy atom. The molecule has 2 aromatic carbocycles. The number of imide groups is 1. The molecule has 3 aliphatic rings. The number of methoxy groups -OCH3 is 1. The molecule has 0 bridgehead atoms. The highest BCUT2D eigenvalue weighted by molar-refractivity contribution is 6.31. The van der Waals surface area contributed by atoms with Gasteiger partial charge in [-0.25, -0.2) is 0 Å². The molecule has 3 heterocycles. The summed E-state index contributed by atoms with van der Waals surface area (Å²) >= 11 is 6.21. The number of fused-ring (bicyclic) bond motifs is 4. The minimum absolute atomic E-state index is 0.0397. The summed E-state index contributed by atoms with van der Waals surface area (Å²) in [4.78, 5) is 53.4. The third-order valence-electron chi connectivity index (χ3n) is 6.69. The first-order valence-corrected chi connectivity index (χ1v) is 10.8.